The van der Waals surface area contributed by atoms with Gasteiger partial charge in [0.05, 0.1) is 24.7 Å². The van der Waals surface area contributed by atoms with Gasteiger partial charge in [-0.1, -0.05) is 41.5 Å². The Morgan fingerprint density at radius 2 is 1.29 bits per heavy atom. The molecule has 4 atom stereocenters. The molecule has 0 aromatic rings. The third-order valence-corrected chi connectivity index (χ3v) is 12.0. The number of hydrogen-bond donors (Lipinski definition) is 4. The van der Waals surface area contributed by atoms with Gasteiger partial charge in [-0.3, -0.25) is 19.2 Å². The Morgan fingerprint density at radius 3 is 1.75 bits per heavy atom. The van der Waals surface area contributed by atoms with Crippen molar-refractivity contribution in [2.24, 2.45) is 10.8 Å². The molecule has 1 aliphatic carbocycles. The molecule has 1 fully saturated rings. The zero-order valence-electron chi connectivity index (χ0n) is 30.9. The molecule has 0 spiro atoms. The van der Waals surface area contributed by atoms with Gasteiger partial charge >= 0.3 is 0 Å². The minimum Gasteiger partial charge on any atom is -0.376 e. The second-order valence-corrected chi connectivity index (χ2v) is 18.1. The van der Waals surface area contributed by atoms with Crippen LogP contribution in [0.1, 0.15) is 108 Å². The van der Waals surface area contributed by atoms with E-state index in [-0.39, 0.29) is 46.7 Å². The van der Waals surface area contributed by atoms with Crippen molar-refractivity contribution in [2.75, 3.05) is 31.2 Å². The number of rotatable bonds is 24. The molecule has 0 saturated heterocycles. The summed E-state index contributed by atoms with van der Waals surface area (Å²) in [6, 6.07) is -1.29. The van der Waals surface area contributed by atoms with Crippen molar-refractivity contribution in [3.63, 3.8) is 0 Å². The van der Waals surface area contributed by atoms with Gasteiger partial charge in [0.15, 0.2) is 0 Å². The summed E-state index contributed by atoms with van der Waals surface area (Å²) in [5, 5.41) is 12.1. The Morgan fingerprint density at radius 1 is 0.792 bits per heavy atom. The Labute approximate surface area is 297 Å². The summed E-state index contributed by atoms with van der Waals surface area (Å²) < 4.78 is 6.10. The molecule has 11 nitrogen and oxygen atoms in total. The van der Waals surface area contributed by atoms with Crippen LogP contribution in [-0.2, 0) is 33.5 Å². The zero-order chi connectivity index (χ0) is 36.8. The molecular weight excluding hydrogens is 653 g/mol. The van der Waals surface area contributed by atoms with Crippen LogP contribution < -0.4 is 21.3 Å². The molecule has 3 amide bonds. The van der Waals surface area contributed by atoms with Crippen molar-refractivity contribution in [3.8, 4) is 0 Å². The monoisotopic (exact) mass is 714 g/mol. The molecule has 1 rings (SSSR count). The van der Waals surface area contributed by atoms with E-state index in [1.807, 2.05) is 62.3 Å². The number of ether oxygens (including phenoxy) is 1. The summed E-state index contributed by atoms with van der Waals surface area (Å²) in [7, 11) is 0. The number of ketones is 1. The van der Waals surface area contributed by atoms with Crippen LogP contribution in [0.2, 0.25) is 0 Å². The molecule has 1 aliphatic rings. The first-order valence-electron chi connectivity index (χ1n) is 17.1. The highest BCUT2D eigenvalue weighted by Crippen LogP contribution is 2.41. The fraction of sp³-hybridized carbons (Fsp3) is 0.829. The molecule has 1 saturated carbocycles. The lowest BCUT2D eigenvalue weighted by atomic mass is 9.86. The van der Waals surface area contributed by atoms with Crippen molar-refractivity contribution in [1.82, 2.24) is 21.3 Å². The molecule has 48 heavy (non-hydrogen) atoms. The molecule has 13 heteroatoms. The van der Waals surface area contributed by atoms with Gasteiger partial charge < -0.3 is 35.6 Å². The summed E-state index contributed by atoms with van der Waals surface area (Å²) in [6.45, 7) is 19.5. The van der Waals surface area contributed by atoms with Gasteiger partial charge in [-0.2, -0.15) is 23.5 Å². The first-order valence-corrected chi connectivity index (χ1v) is 19.2. The van der Waals surface area contributed by atoms with E-state index in [0.29, 0.717) is 49.9 Å². The Hall–Kier alpha value is -1.96. The first-order chi connectivity index (χ1) is 22.2. The lowest BCUT2D eigenvalue weighted by Gasteiger charge is -2.38. The summed E-state index contributed by atoms with van der Waals surface area (Å²) in [5.41, 5.74) is -2.01. The summed E-state index contributed by atoms with van der Waals surface area (Å²) in [4.78, 5) is 73.4. The standard InChI is InChI=1S/C35H62N4O7S2/c1-11-34(7,8)39-25(30(44)37-18-20-41)23-48-27-13-12-26(27)47-22-24(29(43)36-17-19-40)38-31(45)33(5,6)16-21-46-35(9,10)15-14-28(42)32(2,3)4/h19-20,24-27,39H,11-18,21-23H2,1-10H3,(H,36,43)(H,37,44)(H,38,45). The fourth-order valence-corrected chi connectivity index (χ4v) is 7.77. The van der Waals surface area contributed by atoms with Crippen molar-refractivity contribution < 1.29 is 33.5 Å². The maximum Gasteiger partial charge on any atom is 0.243 e. The highest BCUT2D eigenvalue weighted by molar-refractivity contribution is 8.04. The molecule has 4 unspecified atom stereocenters. The van der Waals surface area contributed by atoms with Crippen molar-refractivity contribution >= 4 is 59.6 Å². The van der Waals surface area contributed by atoms with E-state index in [2.05, 4.69) is 28.2 Å². The number of hydrogen-bond acceptors (Lipinski definition) is 10. The number of thioether (sulfide) groups is 2. The van der Waals surface area contributed by atoms with E-state index in [9.17, 15) is 28.8 Å². The molecule has 276 valence electrons. The van der Waals surface area contributed by atoms with E-state index in [0.717, 1.165) is 19.3 Å². The van der Waals surface area contributed by atoms with Gasteiger partial charge in [-0.15, -0.1) is 0 Å². The van der Waals surface area contributed by atoms with Gasteiger partial charge in [0.25, 0.3) is 0 Å². The predicted octanol–water partition coefficient (Wildman–Crippen LogP) is 3.85. The minimum atomic E-state index is -0.835. The van der Waals surface area contributed by atoms with Crippen LogP contribution in [-0.4, -0.2) is 101 Å². The Kier molecular flexibility index (Phi) is 18.4. The highest BCUT2D eigenvalue weighted by Gasteiger charge is 2.37. The molecule has 4 N–H and O–H groups in total. The van der Waals surface area contributed by atoms with Crippen LogP contribution in [0.15, 0.2) is 0 Å². The number of amides is 3. The van der Waals surface area contributed by atoms with Gasteiger partial charge in [-0.05, 0) is 59.8 Å². The van der Waals surface area contributed by atoms with Crippen LogP contribution in [0.5, 0.6) is 0 Å². The number of carbonyl (C=O) groups is 6. The number of Topliss-reactive ketones (excluding diaryl/α,β-unsaturated/α-hetero) is 1. The van der Waals surface area contributed by atoms with Crippen molar-refractivity contribution in [1.29, 1.82) is 0 Å². The Balaban J connectivity index is 2.79. The molecule has 0 radical (unpaired) electrons. The predicted molar refractivity (Wildman–Crippen MR) is 195 cm³/mol. The third kappa shape index (κ3) is 16.2. The highest BCUT2D eigenvalue weighted by atomic mass is 32.2. The van der Waals surface area contributed by atoms with Crippen molar-refractivity contribution in [3.05, 3.63) is 0 Å². The van der Waals surface area contributed by atoms with E-state index < -0.39 is 34.4 Å². The van der Waals surface area contributed by atoms with E-state index in [1.54, 1.807) is 23.5 Å². The molecular formula is C35H62N4O7S2. The third-order valence-electron chi connectivity index (χ3n) is 8.84. The zero-order valence-corrected chi connectivity index (χ0v) is 32.5. The minimum absolute atomic E-state index is 0.0307. The number of nitrogens with one attached hydrogen (secondary N) is 4. The normalized spacial score (nSPS) is 18.2. The van der Waals surface area contributed by atoms with Gasteiger partial charge in [0.2, 0.25) is 17.7 Å². The maximum atomic E-state index is 13.4. The SMILES string of the molecule is CCC(C)(C)NC(CSC1CCC1SCC(NC(=O)C(C)(C)CCOC(C)(C)CCC(=O)C(C)(C)C)C(=O)NCC=O)C(=O)NCC=O. The smallest absolute Gasteiger partial charge is 0.243 e. The molecule has 0 heterocycles. The van der Waals surface area contributed by atoms with Crippen LogP contribution in [0.25, 0.3) is 0 Å². The average Bonchev–Trinajstić information content (AvgIpc) is 2.98. The van der Waals surface area contributed by atoms with E-state index in [1.165, 1.54) is 0 Å². The van der Waals surface area contributed by atoms with Crippen molar-refractivity contribution in [2.45, 2.75) is 141 Å². The quantitative estimate of drug-likeness (QED) is 0.108. The maximum absolute atomic E-state index is 13.4. The lowest BCUT2D eigenvalue weighted by Crippen LogP contribution is -2.54. The topological polar surface area (TPSA) is 160 Å². The Bertz CT molecular complexity index is 1090. The number of carbonyl (C=O) groups excluding carboxylic acids is 6. The second kappa shape index (κ2) is 20.0. The lowest BCUT2D eigenvalue weighted by molar-refractivity contribution is -0.135. The number of aldehydes is 2. The molecule has 0 bridgehead atoms. The van der Waals surface area contributed by atoms with Crippen LogP contribution in [0.3, 0.4) is 0 Å². The summed E-state index contributed by atoms with van der Waals surface area (Å²) >= 11 is 3.31. The summed E-state index contributed by atoms with van der Waals surface area (Å²) in [5.74, 6) is 0.146. The molecule has 0 aromatic heterocycles. The molecule has 0 aromatic carbocycles. The van der Waals surface area contributed by atoms with Crippen LogP contribution in [0, 0.1) is 10.8 Å². The largest absolute Gasteiger partial charge is 0.376 e. The van der Waals surface area contributed by atoms with E-state index >= 15 is 0 Å². The van der Waals surface area contributed by atoms with E-state index in [4.69, 9.17) is 4.74 Å². The fourth-order valence-electron chi connectivity index (χ4n) is 4.64. The molecule has 0 aliphatic heterocycles. The second-order valence-electron chi connectivity index (χ2n) is 15.5. The first kappa shape index (κ1) is 44.1. The van der Waals surface area contributed by atoms with Gasteiger partial charge in [0, 0.05) is 51.4 Å². The van der Waals surface area contributed by atoms with Gasteiger partial charge in [-0.25, -0.2) is 0 Å². The van der Waals surface area contributed by atoms with Crippen LogP contribution >= 0.6 is 23.5 Å². The van der Waals surface area contributed by atoms with Crippen LogP contribution in [0.4, 0.5) is 0 Å². The average molecular weight is 715 g/mol. The van der Waals surface area contributed by atoms with Gasteiger partial charge in [0.1, 0.15) is 24.4 Å². The summed E-state index contributed by atoms with van der Waals surface area (Å²) in [6.07, 6.45) is 5.45.